The van der Waals surface area contributed by atoms with Crippen molar-refractivity contribution in [2.45, 2.75) is 44.4 Å². The monoisotopic (exact) mass is 538 g/mol. The van der Waals surface area contributed by atoms with Gasteiger partial charge in [-0.2, -0.15) is 9.78 Å². The first-order valence-corrected chi connectivity index (χ1v) is 13.6. The van der Waals surface area contributed by atoms with Crippen molar-refractivity contribution in [3.8, 4) is 17.2 Å². The molecule has 8 nitrogen and oxygen atoms in total. The lowest BCUT2D eigenvalue weighted by atomic mass is 9.95. The van der Waals surface area contributed by atoms with E-state index < -0.39 is 0 Å². The minimum atomic E-state index is -0.265. The second kappa shape index (κ2) is 12.2. The van der Waals surface area contributed by atoms with Gasteiger partial charge in [0.15, 0.2) is 0 Å². The SMILES string of the molecule is COc1ccc(CN2CCN(c3cnn(-c4cccc(Cl)c4)c(=O)c3OC3CCC(OC)CC3)CC2)cc1. The molecule has 2 aliphatic rings. The van der Waals surface area contributed by atoms with Gasteiger partial charge in [-0.1, -0.05) is 29.8 Å². The zero-order valence-corrected chi connectivity index (χ0v) is 22.8. The fraction of sp³-hybridized carbons (Fsp3) is 0.448. The average molecular weight is 539 g/mol. The fourth-order valence-corrected chi connectivity index (χ4v) is 5.43. The van der Waals surface area contributed by atoms with Crippen LogP contribution in [0.15, 0.2) is 59.5 Å². The minimum Gasteiger partial charge on any atom is -0.497 e. The van der Waals surface area contributed by atoms with Crippen LogP contribution < -0.4 is 19.9 Å². The first-order valence-electron chi connectivity index (χ1n) is 13.2. The summed E-state index contributed by atoms with van der Waals surface area (Å²) >= 11 is 6.20. The molecule has 0 radical (unpaired) electrons. The quantitative estimate of drug-likeness (QED) is 0.416. The summed E-state index contributed by atoms with van der Waals surface area (Å²) in [6, 6.07) is 15.4. The maximum absolute atomic E-state index is 13.8. The Morgan fingerprint density at radius 2 is 1.66 bits per heavy atom. The van der Waals surface area contributed by atoms with E-state index >= 15 is 0 Å². The molecular formula is C29H35ClN4O4. The molecule has 0 bridgehead atoms. The fourth-order valence-electron chi connectivity index (χ4n) is 5.25. The molecule has 5 rings (SSSR count). The third-order valence-corrected chi connectivity index (χ3v) is 7.72. The van der Waals surface area contributed by atoms with Gasteiger partial charge in [-0.05, 0) is 61.6 Å². The molecule has 0 unspecified atom stereocenters. The van der Waals surface area contributed by atoms with Crippen LogP contribution in [0.4, 0.5) is 5.69 Å². The molecule has 2 fully saturated rings. The topological polar surface area (TPSA) is 69.1 Å². The van der Waals surface area contributed by atoms with Crippen molar-refractivity contribution in [2.24, 2.45) is 0 Å². The maximum Gasteiger partial charge on any atom is 0.316 e. The smallest absolute Gasteiger partial charge is 0.316 e. The van der Waals surface area contributed by atoms with Gasteiger partial charge in [0.25, 0.3) is 0 Å². The van der Waals surface area contributed by atoms with Crippen LogP contribution in [0.3, 0.4) is 0 Å². The molecule has 2 aromatic carbocycles. The van der Waals surface area contributed by atoms with Crippen LogP contribution in [0.5, 0.6) is 11.5 Å². The predicted molar refractivity (Wildman–Crippen MR) is 149 cm³/mol. The van der Waals surface area contributed by atoms with E-state index in [9.17, 15) is 4.79 Å². The van der Waals surface area contributed by atoms with Crippen molar-refractivity contribution < 1.29 is 14.2 Å². The summed E-state index contributed by atoms with van der Waals surface area (Å²) in [4.78, 5) is 18.4. The Kier molecular flexibility index (Phi) is 8.51. The zero-order chi connectivity index (χ0) is 26.5. The molecule has 0 atom stereocenters. The molecule has 1 aliphatic heterocycles. The number of ether oxygens (including phenoxy) is 3. The van der Waals surface area contributed by atoms with Crippen LogP contribution >= 0.6 is 11.6 Å². The Morgan fingerprint density at radius 1 is 0.947 bits per heavy atom. The second-order valence-electron chi connectivity index (χ2n) is 9.92. The van der Waals surface area contributed by atoms with Crippen LogP contribution in [0.25, 0.3) is 5.69 Å². The molecular weight excluding hydrogens is 504 g/mol. The van der Waals surface area contributed by atoms with Gasteiger partial charge >= 0.3 is 5.56 Å². The molecule has 0 spiro atoms. The van der Waals surface area contributed by atoms with Gasteiger partial charge in [0.1, 0.15) is 11.4 Å². The summed E-state index contributed by atoms with van der Waals surface area (Å²) in [6.07, 6.45) is 5.55. The Balaban J connectivity index is 1.35. The summed E-state index contributed by atoms with van der Waals surface area (Å²) in [5.41, 5.74) is 2.36. The Labute approximate surface area is 228 Å². The molecule has 9 heteroatoms. The van der Waals surface area contributed by atoms with Crippen molar-refractivity contribution in [2.75, 3.05) is 45.3 Å². The van der Waals surface area contributed by atoms with Gasteiger partial charge in [-0.15, -0.1) is 0 Å². The van der Waals surface area contributed by atoms with Crippen LogP contribution in [0, 0.1) is 0 Å². The van der Waals surface area contributed by atoms with E-state index in [4.69, 9.17) is 25.8 Å². The van der Waals surface area contributed by atoms with Crippen molar-refractivity contribution in [3.63, 3.8) is 0 Å². The second-order valence-corrected chi connectivity index (χ2v) is 10.4. The number of rotatable bonds is 8. The normalized spacial score (nSPS) is 20.3. The molecule has 1 saturated carbocycles. The Hall–Kier alpha value is -3.07. The summed E-state index contributed by atoms with van der Waals surface area (Å²) < 4.78 is 18.6. The highest BCUT2D eigenvalue weighted by Gasteiger charge is 2.28. The van der Waals surface area contributed by atoms with Gasteiger partial charge in [0.05, 0.1) is 31.2 Å². The van der Waals surface area contributed by atoms with E-state index in [1.165, 1.54) is 10.2 Å². The molecule has 0 amide bonds. The van der Waals surface area contributed by atoms with Crippen LogP contribution in [0.2, 0.25) is 5.02 Å². The molecule has 1 saturated heterocycles. The van der Waals surface area contributed by atoms with Gasteiger partial charge in [0, 0.05) is 44.9 Å². The highest BCUT2D eigenvalue weighted by molar-refractivity contribution is 6.30. The van der Waals surface area contributed by atoms with E-state index in [0.29, 0.717) is 16.5 Å². The number of anilines is 1. The van der Waals surface area contributed by atoms with Gasteiger partial charge < -0.3 is 19.1 Å². The molecule has 2 heterocycles. The van der Waals surface area contributed by atoms with Crippen molar-refractivity contribution in [1.29, 1.82) is 0 Å². The number of nitrogens with zero attached hydrogens (tertiary/aromatic N) is 4. The van der Waals surface area contributed by atoms with E-state index in [2.05, 4.69) is 27.0 Å². The molecule has 1 aliphatic carbocycles. The molecule has 1 aromatic heterocycles. The summed E-state index contributed by atoms with van der Waals surface area (Å²) in [5.74, 6) is 1.23. The molecule has 202 valence electrons. The highest BCUT2D eigenvalue weighted by atomic mass is 35.5. The Morgan fingerprint density at radius 3 is 2.32 bits per heavy atom. The average Bonchev–Trinajstić information content (AvgIpc) is 2.95. The van der Waals surface area contributed by atoms with Gasteiger partial charge in [-0.25, -0.2) is 0 Å². The summed E-state index contributed by atoms with van der Waals surface area (Å²) in [6.45, 7) is 4.19. The number of halogens is 1. The van der Waals surface area contributed by atoms with Crippen molar-refractivity contribution in [3.05, 3.63) is 75.7 Å². The standard InChI is InChI=1S/C29H35ClN4O4/c1-36-24-8-6-21(7-9-24)20-32-14-16-33(17-15-32)27-19-31-34(23-5-3-4-22(30)18-23)29(35)28(27)38-26-12-10-25(37-2)11-13-26/h3-9,18-19,25-26H,10-17,20H2,1-2H3. The first kappa shape index (κ1) is 26.5. The first-order chi connectivity index (χ1) is 18.5. The number of piperazine rings is 1. The lowest BCUT2D eigenvalue weighted by molar-refractivity contribution is 0.0323. The third kappa shape index (κ3) is 6.14. The number of aromatic nitrogens is 2. The van der Waals surface area contributed by atoms with E-state index in [0.717, 1.165) is 69.8 Å². The molecule has 0 N–H and O–H groups in total. The highest BCUT2D eigenvalue weighted by Crippen LogP contribution is 2.31. The third-order valence-electron chi connectivity index (χ3n) is 7.48. The van der Waals surface area contributed by atoms with Crippen LogP contribution in [-0.4, -0.2) is 67.3 Å². The number of methoxy groups -OCH3 is 2. The van der Waals surface area contributed by atoms with Crippen LogP contribution in [0.1, 0.15) is 31.2 Å². The number of hydrogen-bond acceptors (Lipinski definition) is 7. The predicted octanol–water partition coefficient (Wildman–Crippen LogP) is 4.55. The van der Waals surface area contributed by atoms with Gasteiger partial charge in [0.2, 0.25) is 5.75 Å². The molecule has 38 heavy (non-hydrogen) atoms. The lowest BCUT2D eigenvalue weighted by Gasteiger charge is -2.37. The zero-order valence-electron chi connectivity index (χ0n) is 22.0. The molecule has 3 aromatic rings. The lowest BCUT2D eigenvalue weighted by Crippen LogP contribution is -2.46. The maximum atomic E-state index is 13.8. The van der Waals surface area contributed by atoms with E-state index in [-0.39, 0.29) is 17.8 Å². The largest absolute Gasteiger partial charge is 0.497 e. The van der Waals surface area contributed by atoms with Crippen molar-refractivity contribution >= 4 is 17.3 Å². The van der Waals surface area contributed by atoms with E-state index in [1.54, 1.807) is 32.5 Å². The number of benzene rings is 2. The summed E-state index contributed by atoms with van der Waals surface area (Å²) in [5, 5.41) is 5.07. The van der Waals surface area contributed by atoms with Crippen molar-refractivity contribution in [1.82, 2.24) is 14.7 Å². The number of hydrogen-bond donors (Lipinski definition) is 0. The summed E-state index contributed by atoms with van der Waals surface area (Å²) in [7, 11) is 3.43. The van der Waals surface area contributed by atoms with E-state index in [1.807, 2.05) is 24.3 Å². The Bertz CT molecular complexity index is 1270. The van der Waals surface area contributed by atoms with Gasteiger partial charge in [-0.3, -0.25) is 9.69 Å². The minimum absolute atomic E-state index is 0.0283. The van der Waals surface area contributed by atoms with Crippen LogP contribution in [-0.2, 0) is 11.3 Å².